The lowest BCUT2D eigenvalue weighted by molar-refractivity contribution is 0.103. The summed E-state index contributed by atoms with van der Waals surface area (Å²) in [5, 5.41) is 0. The van der Waals surface area contributed by atoms with E-state index in [2.05, 4.69) is 15.9 Å². The highest BCUT2D eigenvalue weighted by Gasteiger charge is 2.17. The maximum atomic E-state index is 13.8. The number of carbonyl (C=O) groups excluding carboxylic acids is 1. The minimum atomic E-state index is -0.476. The summed E-state index contributed by atoms with van der Waals surface area (Å²) in [7, 11) is 0. The van der Waals surface area contributed by atoms with Crippen molar-refractivity contribution in [1.29, 1.82) is 0 Å². The van der Waals surface area contributed by atoms with Crippen LogP contribution in [0.5, 0.6) is 0 Å². The van der Waals surface area contributed by atoms with Crippen LogP contribution in [0.3, 0.4) is 0 Å². The molecule has 0 fully saturated rings. The third-order valence-corrected chi connectivity index (χ3v) is 3.97. The number of hydrogen-bond donors (Lipinski definition) is 0. The van der Waals surface area contributed by atoms with Gasteiger partial charge in [0.25, 0.3) is 0 Å². The first kappa shape index (κ1) is 13.9. The van der Waals surface area contributed by atoms with E-state index >= 15 is 0 Å². The second-order valence-electron chi connectivity index (χ2n) is 4.73. The summed E-state index contributed by atoms with van der Waals surface area (Å²) in [6, 6.07) is 8.27. The molecule has 0 aliphatic heterocycles. The largest absolute Gasteiger partial charge is 0.288 e. The summed E-state index contributed by atoms with van der Waals surface area (Å²) >= 11 is 3.43. The van der Waals surface area contributed by atoms with Gasteiger partial charge in [0.05, 0.1) is 5.56 Å². The van der Waals surface area contributed by atoms with E-state index in [0.29, 0.717) is 5.56 Å². The molecule has 19 heavy (non-hydrogen) atoms. The molecule has 3 heteroatoms. The van der Waals surface area contributed by atoms with Crippen molar-refractivity contribution in [2.45, 2.75) is 20.8 Å². The molecule has 0 unspecified atom stereocenters. The van der Waals surface area contributed by atoms with Gasteiger partial charge in [-0.2, -0.15) is 0 Å². The molecular weight excluding hydrogens is 307 g/mol. The predicted molar refractivity (Wildman–Crippen MR) is 78.2 cm³/mol. The lowest BCUT2D eigenvalue weighted by Crippen LogP contribution is -2.07. The van der Waals surface area contributed by atoms with Gasteiger partial charge in [-0.1, -0.05) is 27.6 Å². The molecule has 0 aliphatic rings. The molecule has 0 aliphatic carbocycles. The van der Waals surface area contributed by atoms with Crippen molar-refractivity contribution in [2.75, 3.05) is 0 Å². The van der Waals surface area contributed by atoms with Crippen LogP contribution in [0.15, 0.2) is 34.8 Å². The first-order chi connectivity index (χ1) is 8.90. The number of hydrogen-bond acceptors (Lipinski definition) is 1. The Kier molecular flexibility index (Phi) is 3.85. The molecule has 2 aromatic carbocycles. The summed E-state index contributed by atoms with van der Waals surface area (Å²) in [4.78, 5) is 12.4. The molecule has 0 saturated carbocycles. The van der Waals surface area contributed by atoms with Gasteiger partial charge in [-0.05, 0) is 56.2 Å². The van der Waals surface area contributed by atoms with Crippen LogP contribution in [0.1, 0.15) is 32.6 Å². The average Bonchev–Trinajstić information content (AvgIpc) is 2.36. The number of benzene rings is 2. The Morgan fingerprint density at radius 2 is 1.68 bits per heavy atom. The minimum Gasteiger partial charge on any atom is -0.288 e. The highest BCUT2D eigenvalue weighted by Crippen LogP contribution is 2.24. The van der Waals surface area contributed by atoms with E-state index < -0.39 is 5.82 Å². The van der Waals surface area contributed by atoms with Crippen LogP contribution in [0, 0.1) is 26.6 Å². The topological polar surface area (TPSA) is 17.1 Å². The predicted octanol–water partition coefficient (Wildman–Crippen LogP) is 4.74. The summed E-state index contributed by atoms with van der Waals surface area (Å²) in [5.41, 5.74) is 3.34. The van der Waals surface area contributed by atoms with E-state index in [1.807, 2.05) is 26.8 Å². The zero-order valence-electron chi connectivity index (χ0n) is 11.1. The second-order valence-corrected chi connectivity index (χ2v) is 5.58. The minimum absolute atomic E-state index is 0.129. The van der Waals surface area contributed by atoms with Crippen LogP contribution >= 0.6 is 15.9 Å². The molecule has 0 heterocycles. The van der Waals surface area contributed by atoms with Gasteiger partial charge < -0.3 is 0 Å². The molecule has 0 bridgehead atoms. The Balaban J connectivity index is 2.56. The van der Waals surface area contributed by atoms with E-state index in [1.165, 1.54) is 6.07 Å². The van der Waals surface area contributed by atoms with Gasteiger partial charge in [-0.25, -0.2) is 4.39 Å². The lowest BCUT2D eigenvalue weighted by atomic mass is 9.96. The van der Waals surface area contributed by atoms with Crippen LogP contribution in [0.25, 0.3) is 0 Å². The standard InChI is InChI=1S/C16H14BrFO/c1-9-4-5-15(18)13(6-9)16(19)12-7-11(3)14(17)8-10(12)2/h4-8H,1-3H3. The highest BCUT2D eigenvalue weighted by molar-refractivity contribution is 9.10. The summed E-state index contributed by atoms with van der Waals surface area (Å²) in [5.74, 6) is -0.745. The monoisotopic (exact) mass is 320 g/mol. The molecule has 0 spiro atoms. The molecule has 0 atom stereocenters. The Morgan fingerprint density at radius 3 is 2.37 bits per heavy atom. The van der Waals surface area contributed by atoms with Crippen LogP contribution < -0.4 is 0 Å². The number of carbonyl (C=O) groups is 1. The molecule has 2 aromatic rings. The maximum Gasteiger partial charge on any atom is 0.196 e. The Bertz CT molecular complexity index is 662. The normalized spacial score (nSPS) is 10.6. The fourth-order valence-corrected chi connectivity index (χ4v) is 2.44. The van der Waals surface area contributed by atoms with Crippen LogP contribution in [0.4, 0.5) is 4.39 Å². The molecule has 0 saturated heterocycles. The van der Waals surface area contributed by atoms with Gasteiger partial charge in [0.2, 0.25) is 0 Å². The van der Waals surface area contributed by atoms with Crippen molar-refractivity contribution in [3.05, 3.63) is 68.4 Å². The second kappa shape index (κ2) is 5.25. The summed E-state index contributed by atoms with van der Waals surface area (Å²) in [6.45, 7) is 5.61. The third kappa shape index (κ3) is 2.76. The molecule has 1 nitrogen and oxygen atoms in total. The fraction of sp³-hybridized carbons (Fsp3) is 0.188. The van der Waals surface area contributed by atoms with Crippen molar-refractivity contribution in [3.8, 4) is 0 Å². The Labute approximate surface area is 120 Å². The smallest absolute Gasteiger partial charge is 0.196 e. The zero-order chi connectivity index (χ0) is 14.2. The van der Waals surface area contributed by atoms with Crippen molar-refractivity contribution < 1.29 is 9.18 Å². The number of halogens is 2. The van der Waals surface area contributed by atoms with Gasteiger partial charge in [0, 0.05) is 10.0 Å². The summed E-state index contributed by atoms with van der Waals surface area (Å²) < 4.78 is 14.7. The maximum absolute atomic E-state index is 13.8. The van der Waals surface area contributed by atoms with Gasteiger partial charge in [0.15, 0.2) is 5.78 Å². The highest BCUT2D eigenvalue weighted by atomic mass is 79.9. The van der Waals surface area contributed by atoms with Crippen LogP contribution in [-0.2, 0) is 0 Å². The van der Waals surface area contributed by atoms with Crippen molar-refractivity contribution in [1.82, 2.24) is 0 Å². The summed E-state index contributed by atoms with van der Waals surface area (Å²) in [6.07, 6.45) is 0. The van der Waals surface area contributed by atoms with Crippen LogP contribution in [0.2, 0.25) is 0 Å². The Hall–Kier alpha value is -1.48. The number of rotatable bonds is 2. The molecule has 0 amide bonds. The SMILES string of the molecule is Cc1ccc(F)c(C(=O)c2cc(C)c(Br)cc2C)c1. The average molecular weight is 321 g/mol. The number of ketones is 1. The van der Waals surface area contributed by atoms with E-state index in [-0.39, 0.29) is 11.3 Å². The van der Waals surface area contributed by atoms with E-state index in [1.54, 1.807) is 18.2 Å². The first-order valence-corrected chi connectivity index (χ1v) is 6.77. The van der Waals surface area contributed by atoms with Gasteiger partial charge in [-0.15, -0.1) is 0 Å². The first-order valence-electron chi connectivity index (χ1n) is 5.97. The molecular formula is C16H14BrFO. The lowest BCUT2D eigenvalue weighted by Gasteiger charge is -2.09. The van der Waals surface area contributed by atoms with Gasteiger partial charge >= 0.3 is 0 Å². The van der Waals surface area contributed by atoms with Crippen molar-refractivity contribution in [3.63, 3.8) is 0 Å². The van der Waals surface area contributed by atoms with E-state index in [9.17, 15) is 9.18 Å². The molecule has 98 valence electrons. The molecule has 0 aromatic heterocycles. The van der Waals surface area contributed by atoms with Gasteiger partial charge in [0.1, 0.15) is 5.82 Å². The Morgan fingerprint density at radius 1 is 1.00 bits per heavy atom. The van der Waals surface area contributed by atoms with E-state index in [4.69, 9.17) is 0 Å². The fourth-order valence-electron chi connectivity index (χ4n) is 1.98. The van der Waals surface area contributed by atoms with Crippen molar-refractivity contribution >= 4 is 21.7 Å². The van der Waals surface area contributed by atoms with Crippen LogP contribution in [-0.4, -0.2) is 5.78 Å². The molecule has 0 N–H and O–H groups in total. The quantitative estimate of drug-likeness (QED) is 0.730. The zero-order valence-corrected chi connectivity index (χ0v) is 12.6. The van der Waals surface area contributed by atoms with Crippen molar-refractivity contribution in [2.24, 2.45) is 0 Å². The molecule has 2 rings (SSSR count). The molecule has 0 radical (unpaired) electrons. The number of aryl methyl sites for hydroxylation is 3. The third-order valence-electron chi connectivity index (χ3n) is 3.12. The van der Waals surface area contributed by atoms with E-state index in [0.717, 1.165) is 21.2 Å². The van der Waals surface area contributed by atoms with Gasteiger partial charge in [-0.3, -0.25) is 4.79 Å².